The average Bonchev–Trinajstić information content (AvgIpc) is 2.38. The molecule has 0 amide bonds. The Morgan fingerprint density at radius 1 is 1.16 bits per heavy atom. The van der Waals surface area contributed by atoms with Crippen molar-refractivity contribution < 1.29 is 4.74 Å². The van der Waals surface area contributed by atoms with Crippen molar-refractivity contribution in [2.24, 2.45) is 5.73 Å². The van der Waals surface area contributed by atoms with Gasteiger partial charge in [-0.3, -0.25) is 0 Å². The molecule has 0 spiro atoms. The van der Waals surface area contributed by atoms with Gasteiger partial charge < -0.3 is 10.5 Å². The van der Waals surface area contributed by atoms with Gasteiger partial charge in [-0.25, -0.2) is 0 Å². The molecule has 1 saturated carbocycles. The van der Waals surface area contributed by atoms with E-state index in [9.17, 15) is 0 Å². The van der Waals surface area contributed by atoms with Gasteiger partial charge in [-0.05, 0) is 54.5 Å². The quantitative estimate of drug-likeness (QED) is 0.883. The zero-order chi connectivity index (χ0) is 14.0. The van der Waals surface area contributed by atoms with Crippen molar-refractivity contribution in [3.8, 4) is 5.75 Å². The number of hydrogen-bond acceptors (Lipinski definition) is 2. The SMILES string of the molecule is COc1cc(C)c(C2(N)CCCCC2)cc1C(C)C. The van der Waals surface area contributed by atoms with Crippen LogP contribution in [0.15, 0.2) is 12.1 Å². The number of benzene rings is 1. The molecule has 106 valence electrons. The normalized spacial score (nSPS) is 18.6. The van der Waals surface area contributed by atoms with Gasteiger partial charge in [-0.2, -0.15) is 0 Å². The lowest BCUT2D eigenvalue weighted by Crippen LogP contribution is -2.39. The van der Waals surface area contributed by atoms with Crippen molar-refractivity contribution >= 4 is 0 Å². The molecule has 2 heteroatoms. The molecule has 1 aromatic carbocycles. The van der Waals surface area contributed by atoms with Crippen LogP contribution < -0.4 is 10.5 Å². The molecule has 19 heavy (non-hydrogen) atoms. The Morgan fingerprint density at radius 3 is 2.32 bits per heavy atom. The lowest BCUT2D eigenvalue weighted by atomic mass is 9.75. The minimum atomic E-state index is -0.127. The summed E-state index contributed by atoms with van der Waals surface area (Å²) >= 11 is 0. The van der Waals surface area contributed by atoms with E-state index in [2.05, 4.69) is 32.9 Å². The van der Waals surface area contributed by atoms with Gasteiger partial charge in [-0.1, -0.05) is 33.1 Å². The molecule has 0 bridgehead atoms. The van der Waals surface area contributed by atoms with Crippen molar-refractivity contribution in [2.45, 2.75) is 64.3 Å². The van der Waals surface area contributed by atoms with Crippen molar-refractivity contribution in [2.75, 3.05) is 7.11 Å². The van der Waals surface area contributed by atoms with E-state index in [0.29, 0.717) is 5.92 Å². The maximum Gasteiger partial charge on any atom is 0.122 e. The van der Waals surface area contributed by atoms with E-state index in [0.717, 1.165) is 18.6 Å². The summed E-state index contributed by atoms with van der Waals surface area (Å²) in [5.74, 6) is 1.46. The first-order valence-electron chi connectivity index (χ1n) is 7.46. The van der Waals surface area contributed by atoms with Crippen LogP contribution in [0, 0.1) is 6.92 Å². The van der Waals surface area contributed by atoms with Gasteiger partial charge in [0.2, 0.25) is 0 Å². The summed E-state index contributed by atoms with van der Waals surface area (Å²) < 4.78 is 5.52. The number of nitrogens with two attached hydrogens (primary N) is 1. The molecular formula is C17H27NO. The van der Waals surface area contributed by atoms with Gasteiger partial charge in [0.25, 0.3) is 0 Å². The molecule has 2 nitrogen and oxygen atoms in total. The second-order valence-corrected chi connectivity index (χ2v) is 6.28. The molecule has 0 aromatic heterocycles. The lowest BCUT2D eigenvalue weighted by molar-refractivity contribution is 0.300. The molecule has 1 fully saturated rings. The predicted octanol–water partition coefficient (Wildman–Crippen LogP) is 4.25. The molecule has 1 aliphatic rings. The predicted molar refractivity (Wildman–Crippen MR) is 80.8 cm³/mol. The summed E-state index contributed by atoms with van der Waals surface area (Å²) in [6, 6.07) is 4.46. The highest BCUT2D eigenvalue weighted by atomic mass is 16.5. The smallest absolute Gasteiger partial charge is 0.122 e. The van der Waals surface area contributed by atoms with Crippen LogP contribution in [0.5, 0.6) is 5.75 Å². The monoisotopic (exact) mass is 261 g/mol. The van der Waals surface area contributed by atoms with Crippen LogP contribution in [0.1, 0.15) is 68.6 Å². The first kappa shape index (κ1) is 14.4. The van der Waals surface area contributed by atoms with E-state index >= 15 is 0 Å². The third-order valence-electron chi connectivity index (χ3n) is 4.48. The summed E-state index contributed by atoms with van der Waals surface area (Å²) in [7, 11) is 1.75. The van der Waals surface area contributed by atoms with Crippen LogP contribution in [0.4, 0.5) is 0 Å². The Kier molecular flexibility index (Phi) is 4.19. The summed E-state index contributed by atoms with van der Waals surface area (Å²) in [6.07, 6.45) is 6.04. The topological polar surface area (TPSA) is 35.2 Å². The standard InChI is InChI=1S/C17H27NO/c1-12(2)14-11-15(13(3)10-16(14)19-4)17(18)8-6-5-7-9-17/h10-12H,5-9,18H2,1-4H3. The highest BCUT2D eigenvalue weighted by Gasteiger charge is 2.31. The molecule has 0 radical (unpaired) electrons. The van der Waals surface area contributed by atoms with Gasteiger partial charge in [-0.15, -0.1) is 0 Å². The second kappa shape index (κ2) is 5.54. The Bertz CT molecular complexity index is 445. The third-order valence-corrected chi connectivity index (χ3v) is 4.48. The fraction of sp³-hybridized carbons (Fsp3) is 0.647. The van der Waals surface area contributed by atoms with Crippen molar-refractivity contribution in [3.05, 3.63) is 28.8 Å². The van der Waals surface area contributed by atoms with Crippen LogP contribution in [0.2, 0.25) is 0 Å². The largest absolute Gasteiger partial charge is 0.496 e. The van der Waals surface area contributed by atoms with E-state index in [1.165, 1.54) is 36.0 Å². The number of rotatable bonds is 3. The van der Waals surface area contributed by atoms with E-state index in [1.807, 2.05) is 0 Å². The fourth-order valence-corrected chi connectivity index (χ4v) is 3.31. The molecule has 0 heterocycles. The number of aryl methyl sites for hydroxylation is 1. The second-order valence-electron chi connectivity index (χ2n) is 6.28. The lowest BCUT2D eigenvalue weighted by Gasteiger charge is -2.36. The van der Waals surface area contributed by atoms with Crippen molar-refractivity contribution in [1.82, 2.24) is 0 Å². The summed E-state index contributed by atoms with van der Waals surface area (Å²) in [5.41, 5.74) is 10.5. The van der Waals surface area contributed by atoms with Crippen molar-refractivity contribution in [1.29, 1.82) is 0 Å². The highest BCUT2D eigenvalue weighted by molar-refractivity contribution is 5.46. The molecule has 2 rings (SSSR count). The van der Waals surface area contributed by atoms with Gasteiger partial charge >= 0.3 is 0 Å². The van der Waals surface area contributed by atoms with E-state index in [1.54, 1.807) is 7.11 Å². The zero-order valence-corrected chi connectivity index (χ0v) is 12.8. The van der Waals surface area contributed by atoms with Crippen LogP contribution in [-0.2, 0) is 5.54 Å². The molecule has 1 aromatic rings. The molecule has 0 unspecified atom stereocenters. The maximum absolute atomic E-state index is 6.70. The first-order valence-corrected chi connectivity index (χ1v) is 7.46. The molecule has 0 saturated heterocycles. The molecular weight excluding hydrogens is 234 g/mol. The minimum Gasteiger partial charge on any atom is -0.496 e. The Morgan fingerprint density at radius 2 is 1.79 bits per heavy atom. The maximum atomic E-state index is 6.70. The van der Waals surface area contributed by atoms with E-state index < -0.39 is 0 Å². The highest BCUT2D eigenvalue weighted by Crippen LogP contribution is 2.40. The van der Waals surface area contributed by atoms with Crippen LogP contribution in [0.3, 0.4) is 0 Å². The average molecular weight is 261 g/mol. The number of methoxy groups -OCH3 is 1. The Hall–Kier alpha value is -1.02. The van der Waals surface area contributed by atoms with Crippen LogP contribution in [-0.4, -0.2) is 7.11 Å². The first-order chi connectivity index (χ1) is 8.98. The van der Waals surface area contributed by atoms with E-state index in [-0.39, 0.29) is 5.54 Å². The fourth-order valence-electron chi connectivity index (χ4n) is 3.31. The Balaban J connectivity index is 2.48. The van der Waals surface area contributed by atoms with Gasteiger partial charge in [0.1, 0.15) is 5.75 Å². The molecule has 0 aliphatic heterocycles. The van der Waals surface area contributed by atoms with E-state index in [4.69, 9.17) is 10.5 Å². The summed E-state index contributed by atoms with van der Waals surface area (Å²) in [5, 5.41) is 0. The minimum absolute atomic E-state index is 0.127. The van der Waals surface area contributed by atoms with Gasteiger partial charge in [0, 0.05) is 5.54 Å². The van der Waals surface area contributed by atoms with Gasteiger partial charge in [0.15, 0.2) is 0 Å². The zero-order valence-electron chi connectivity index (χ0n) is 12.8. The van der Waals surface area contributed by atoms with Gasteiger partial charge in [0.05, 0.1) is 7.11 Å². The van der Waals surface area contributed by atoms with Crippen LogP contribution in [0.25, 0.3) is 0 Å². The summed E-state index contributed by atoms with van der Waals surface area (Å²) in [6.45, 7) is 6.58. The third kappa shape index (κ3) is 2.79. The molecule has 1 aliphatic carbocycles. The molecule has 2 N–H and O–H groups in total. The van der Waals surface area contributed by atoms with Crippen LogP contribution >= 0.6 is 0 Å². The Labute approximate surface area is 117 Å². The summed E-state index contributed by atoms with van der Waals surface area (Å²) in [4.78, 5) is 0. The molecule has 0 atom stereocenters. The number of hydrogen-bond donors (Lipinski definition) is 1. The van der Waals surface area contributed by atoms with Crippen molar-refractivity contribution in [3.63, 3.8) is 0 Å². The number of ether oxygens (including phenoxy) is 1.